The molecule has 0 aromatic carbocycles. The third-order valence-electron chi connectivity index (χ3n) is 6.63. The SMILES string of the molecule is CCCCCCCCCCCCCC=CCC=CCC=CCC=CCC(=O)OC[C@@H](O)COP(=O)(O)OCC[N+](C)(C)C. The lowest BCUT2D eigenvalue weighted by Gasteiger charge is -2.24. The fourth-order valence-electron chi connectivity index (χ4n) is 3.98. The number of hydrogen-bond donors (Lipinski definition) is 2. The fourth-order valence-corrected chi connectivity index (χ4v) is 4.73. The Morgan fingerprint density at radius 2 is 1.21 bits per heavy atom. The minimum Gasteiger partial charge on any atom is -0.463 e. The van der Waals surface area contributed by atoms with E-state index in [1.807, 2.05) is 33.3 Å². The number of hydrogen-bond acceptors (Lipinski definition) is 6. The van der Waals surface area contributed by atoms with Crippen molar-refractivity contribution in [1.29, 1.82) is 0 Å². The highest BCUT2D eigenvalue weighted by molar-refractivity contribution is 7.47. The number of aliphatic hydroxyl groups is 1. The smallest absolute Gasteiger partial charge is 0.463 e. The Hall–Kier alpha value is -1.54. The number of nitrogens with zero attached hydrogens (tertiary/aromatic N) is 1. The van der Waals surface area contributed by atoms with Gasteiger partial charge in [0.15, 0.2) is 0 Å². The van der Waals surface area contributed by atoms with Crippen molar-refractivity contribution in [3.63, 3.8) is 0 Å². The lowest BCUT2D eigenvalue weighted by molar-refractivity contribution is -0.870. The number of rotatable bonds is 29. The first-order chi connectivity index (χ1) is 20.6. The lowest BCUT2D eigenvalue weighted by Crippen LogP contribution is -2.37. The Morgan fingerprint density at radius 3 is 1.74 bits per heavy atom. The second kappa shape index (κ2) is 28.0. The first-order valence-corrected chi connectivity index (χ1v) is 17.9. The van der Waals surface area contributed by atoms with Crippen LogP contribution in [0.4, 0.5) is 0 Å². The monoisotopic (exact) mass is 628 g/mol. The van der Waals surface area contributed by atoms with Crippen LogP contribution < -0.4 is 0 Å². The summed E-state index contributed by atoms with van der Waals surface area (Å²) in [5, 5.41) is 9.84. The second-order valence-corrected chi connectivity index (χ2v) is 13.5. The summed E-state index contributed by atoms with van der Waals surface area (Å²) in [7, 11) is 1.51. The highest BCUT2D eigenvalue weighted by atomic mass is 31.2. The zero-order valence-corrected chi connectivity index (χ0v) is 28.6. The lowest BCUT2D eigenvalue weighted by atomic mass is 10.1. The van der Waals surface area contributed by atoms with E-state index in [4.69, 9.17) is 13.8 Å². The summed E-state index contributed by atoms with van der Waals surface area (Å²) in [5.41, 5.74) is 0. The molecule has 0 amide bonds. The summed E-state index contributed by atoms with van der Waals surface area (Å²) >= 11 is 0. The predicted octanol–water partition coefficient (Wildman–Crippen LogP) is 8.22. The van der Waals surface area contributed by atoms with Crippen LogP contribution in [0.15, 0.2) is 48.6 Å². The van der Waals surface area contributed by atoms with Gasteiger partial charge < -0.3 is 19.2 Å². The number of quaternary nitrogens is 1. The van der Waals surface area contributed by atoms with Crippen molar-refractivity contribution in [1.82, 2.24) is 0 Å². The summed E-state index contributed by atoms with van der Waals surface area (Å²) in [6.07, 6.45) is 34.5. The van der Waals surface area contributed by atoms with Crippen LogP contribution in [0.1, 0.15) is 110 Å². The average molecular weight is 629 g/mol. The maximum atomic E-state index is 11.8. The molecule has 0 saturated heterocycles. The number of esters is 1. The predicted molar refractivity (Wildman–Crippen MR) is 178 cm³/mol. The van der Waals surface area contributed by atoms with Crippen molar-refractivity contribution in [3.05, 3.63) is 48.6 Å². The molecule has 2 N–H and O–H groups in total. The summed E-state index contributed by atoms with van der Waals surface area (Å²) in [5.74, 6) is -0.495. The Bertz CT molecular complexity index is 833. The molecule has 0 saturated carbocycles. The van der Waals surface area contributed by atoms with Crippen molar-refractivity contribution >= 4 is 13.8 Å². The Morgan fingerprint density at radius 1 is 0.721 bits per heavy atom. The molecule has 0 bridgehead atoms. The van der Waals surface area contributed by atoms with Crippen molar-refractivity contribution in [3.8, 4) is 0 Å². The summed E-state index contributed by atoms with van der Waals surface area (Å²) < 4.78 is 27.0. The average Bonchev–Trinajstić information content (AvgIpc) is 2.94. The molecule has 8 nitrogen and oxygen atoms in total. The van der Waals surface area contributed by atoms with E-state index in [0.29, 0.717) is 11.0 Å². The molecule has 0 aromatic rings. The molecule has 0 aliphatic heterocycles. The van der Waals surface area contributed by atoms with Gasteiger partial charge in [-0.3, -0.25) is 13.8 Å². The number of unbranched alkanes of at least 4 members (excludes halogenated alkanes) is 11. The molecule has 0 aliphatic carbocycles. The van der Waals surface area contributed by atoms with Crippen LogP contribution >= 0.6 is 7.82 Å². The van der Waals surface area contributed by atoms with Crippen LogP contribution in [0, 0.1) is 0 Å². The first kappa shape index (κ1) is 41.5. The summed E-state index contributed by atoms with van der Waals surface area (Å²) in [6, 6.07) is 0. The first-order valence-electron chi connectivity index (χ1n) is 16.4. The van der Waals surface area contributed by atoms with E-state index in [2.05, 4.69) is 37.3 Å². The van der Waals surface area contributed by atoms with Crippen molar-refractivity contribution < 1.29 is 37.6 Å². The molecular formula is C34H63NO7P+. The van der Waals surface area contributed by atoms with E-state index in [0.717, 1.165) is 19.3 Å². The fraction of sp³-hybridized carbons (Fsp3) is 0.735. The molecule has 0 radical (unpaired) electrons. The summed E-state index contributed by atoms with van der Waals surface area (Å²) in [4.78, 5) is 21.5. The van der Waals surface area contributed by atoms with Crippen molar-refractivity contribution in [2.24, 2.45) is 0 Å². The minimum absolute atomic E-state index is 0.0394. The second-order valence-electron chi connectivity index (χ2n) is 12.1. The maximum absolute atomic E-state index is 11.8. The number of ether oxygens (including phenoxy) is 1. The molecule has 0 spiro atoms. The standard InChI is InChI=1S/C34H62NO7P/c1-5-6-7-8-9-10-11-12-13-14-15-16-17-18-19-20-21-22-23-24-25-26-27-28-34(37)40-31-33(36)32-42-43(38,39)41-30-29-35(2,3)4/h17-18,20-21,23-24,26-27,33,36H,5-16,19,22,25,28-32H2,1-4H3/p+1/t33-/m1/s1. The molecule has 0 rings (SSSR count). The number of phosphoric acid groups is 1. The van der Waals surface area contributed by atoms with Gasteiger partial charge in [-0.1, -0.05) is 120 Å². The number of carbonyl (C=O) groups is 1. The molecule has 250 valence electrons. The van der Waals surface area contributed by atoms with Crippen LogP contribution in [-0.4, -0.2) is 74.1 Å². The topological polar surface area (TPSA) is 102 Å². The molecule has 0 fully saturated rings. The normalized spacial score (nSPS) is 14.8. The van der Waals surface area contributed by atoms with E-state index < -0.39 is 26.5 Å². The molecule has 43 heavy (non-hydrogen) atoms. The number of phosphoric ester groups is 1. The number of carbonyl (C=O) groups excluding carboxylic acids is 1. The molecular weight excluding hydrogens is 565 g/mol. The largest absolute Gasteiger partial charge is 0.472 e. The highest BCUT2D eigenvalue weighted by Crippen LogP contribution is 2.43. The molecule has 9 heteroatoms. The van der Waals surface area contributed by atoms with Gasteiger partial charge >= 0.3 is 13.8 Å². The number of allylic oxidation sites excluding steroid dienone is 7. The maximum Gasteiger partial charge on any atom is 0.472 e. The summed E-state index contributed by atoms with van der Waals surface area (Å²) in [6.45, 7) is 2.03. The van der Waals surface area contributed by atoms with E-state index in [9.17, 15) is 19.4 Å². The van der Waals surface area contributed by atoms with Crippen LogP contribution in [0.25, 0.3) is 0 Å². The van der Waals surface area contributed by atoms with Crippen LogP contribution in [0.2, 0.25) is 0 Å². The zero-order chi connectivity index (χ0) is 32.1. The van der Waals surface area contributed by atoms with Crippen LogP contribution in [-0.2, 0) is 23.1 Å². The Kier molecular flexibility index (Phi) is 27.0. The number of likely N-dealkylation sites (N-methyl/N-ethyl adjacent to an activating group) is 1. The quantitative estimate of drug-likeness (QED) is 0.0283. The van der Waals surface area contributed by atoms with E-state index in [1.165, 1.54) is 77.0 Å². The van der Waals surface area contributed by atoms with E-state index in [1.54, 1.807) is 6.08 Å². The van der Waals surface area contributed by atoms with Crippen molar-refractivity contribution in [2.45, 2.75) is 116 Å². The van der Waals surface area contributed by atoms with Gasteiger partial charge in [0.25, 0.3) is 0 Å². The molecule has 0 aromatic heterocycles. The minimum atomic E-state index is -4.27. The van der Waals surface area contributed by atoms with Crippen LogP contribution in [0.3, 0.4) is 0 Å². The van der Waals surface area contributed by atoms with Gasteiger partial charge in [-0.15, -0.1) is 0 Å². The van der Waals surface area contributed by atoms with Gasteiger partial charge in [-0.25, -0.2) is 4.57 Å². The molecule has 2 atom stereocenters. The molecule has 0 aliphatic rings. The third kappa shape index (κ3) is 33.2. The van der Waals surface area contributed by atoms with Gasteiger partial charge in [-0.05, 0) is 32.1 Å². The van der Waals surface area contributed by atoms with E-state index in [-0.39, 0.29) is 19.6 Å². The Balaban J connectivity index is 3.68. The Labute approximate surface area is 263 Å². The zero-order valence-electron chi connectivity index (χ0n) is 27.7. The molecule has 0 heterocycles. The van der Waals surface area contributed by atoms with Gasteiger partial charge in [0, 0.05) is 0 Å². The van der Waals surface area contributed by atoms with Gasteiger partial charge in [0.1, 0.15) is 25.9 Å². The molecule has 1 unspecified atom stereocenters. The third-order valence-corrected chi connectivity index (χ3v) is 7.61. The van der Waals surface area contributed by atoms with Gasteiger partial charge in [0.05, 0.1) is 34.2 Å². The highest BCUT2D eigenvalue weighted by Gasteiger charge is 2.24. The van der Waals surface area contributed by atoms with E-state index >= 15 is 0 Å². The van der Waals surface area contributed by atoms with Crippen molar-refractivity contribution in [2.75, 3.05) is 47.5 Å². The van der Waals surface area contributed by atoms with Crippen LogP contribution in [0.5, 0.6) is 0 Å². The van der Waals surface area contributed by atoms with Gasteiger partial charge in [0.2, 0.25) is 0 Å². The number of aliphatic hydroxyl groups excluding tert-OH is 1. The van der Waals surface area contributed by atoms with Gasteiger partial charge in [-0.2, -0.15) is 0 Å².